The van der Waals surface area contributed by atoms with Crippen molar-refractivity contribution in [3.63, 3.8) is 0 Å². The summed E-state index contributed by atoms with van der Waals surface area (Å²) in [6, 6.07) is 5.93. The highest BCUT2D eigenvalue weighted by Crippen LogP contribution is 2.43. The Morgan fingerprint density at radius 1 is 1.02 bits per heavy atom. The van der Waals surface area contributed by atoms with Crippen molar-refractivity contribution in [2.24, 2.45) is 0 Å². The van der Waals surface area contributed by atoms with Crippen LogP contribution in [0.4, 0.5) is 15.4 Å². The van der Waals surface area contributed by atoms with Gasteiger partial charge in [0.2, 0.25) is 0 Å². The first-order chi connectivity index (χ1) is 18.6. The highest BCUT2D eigenvalue weighted by Gasteiger charge is 2.39. The van der Waals surface area contributed by atoms with E-state index in [9.17, 15) is 14.9 Å². The number of carbonyl (C=O) groups excluding carboxylic acids is 2. The average molecular weight is 564 g/mol. The predicted molar refractivity (Wildman–Crippen MR) is 155 cm³/mol. The number of thiazole rings is 1. The molecule has 3 aromatic heterocycles. The van der Waals surface area contributed by atoms with Crippen LogP contribution >= 0.6 is 11.3 Å². The molecule has 1 aromatic carbocycles. The number of methoxy groups -OCH3 is 1. The Morgan fingerprint density at radius 3 is 2.15 bits per heavy atom. The first-order valence-electron chi connectivity index (χ1n) is 12.7. The molecule has 11 heteroatoms. The van der Waals surface area contributed by atoms with E-state index in [1.807, 2.05) is 32.9 Å². The second-order valence-corrected chi connectivity index (χ2v) is 12.6. The number of benzene rings is 1. The first-order valence-corrected chi connectivity index (χ1v) is 13.5. The number of amides is 2. The van der Waals surface area contributed by atoms with Gasteiger partial charge in [0.1, 0.15) is 38.9 Å². The van der Waals surface area contributed by atoms with Gasteiger partial charge in [-0.05, 0) is 73.9 Å². The van der Waals surface area contributed by atoms with E-state index in [0.717, 1.165) is 21.0 Å². The van der Waals surface area contributed by atoms with Crippen LogP contribution in [-0.4, -0.2) is 45.0 Å². The Kier molecular flexibility index (Phi) is 7.28. The van der Waals surface area contributed by atoms with Crippen molar-refractivity contribution in [3.8, 4) is 17.5 Å². The van der Waals surface area contributed by atoms with Crippen LogP contribution in [0.1, 0.15) is 63.2 Å². The molecule has 3 heterocycles. The van der Waals surface area contributed by atoms with Crippen LogP contribution in [-0.2, 0) is 9.47 Å². The second kappa shape index (κ2) is 10.1. The van der Waals surface area contributed by atoms with E-state index in [2.05, 4.69) is 11.1 Å². The van der Waals surface area contributed by atoms with E-state index in [0.29, 0.717) is 32.7 Å². The number of aromatic nitrogens is 3. The summed E-state index contributed by atoms with van der Waals surface area (Å²) in [5, 5.41) is 11.7. The largest absolute Gasteiger partial charge is 0.496 e. The molecule has 10 nitrogen and oxygen atoms in total. The minimum absolute atomic E-state index is 0.0274. The number of pyridine rings is 1. The van der Waals surface area contributed by atoms with E-state index in [1.165, 1.54) is 11.3 Å². The summed E-state index contributed by atoms with van der Waals surface area (Å²) < 4.78 is 18.7. The van der Waals surface area contributed by atoms with E-state index >= 15 is 0 Å². The molecule has 0 atom stereocenters. The molecule has 4 rings (SSSR count). The number of ether oxygens (including phenoxy) is 3. The lowest BCUT2D eigenvalue weighted by atomic mass is 10.1. The van der Waals surface area contributed by atoms with E-state index in [1.54, 1.807) is 59.4 Å². The van der Waals surface area contributed by atoms with Crippen LogP contribution in [0.2, 0.25) is 0 Å². The summed E-state index contributed by atoms with van der Waals surface area (Å²) in [7, 11) is 1.57. The number of aryl methyl sites for hydroxylation is 2. The molecule has 0 unspecified atom stereocenters. The summed E-state index contributed by atoms with van der Waals surface area (Å²) in [6.07, 6.45) is -0.403. The number of nitrogens with zero attached hydrogens (tertiary/aromatic N) is 5. The fourth-order valence-electron chi connectivity index (χ4n) is 4.50. The fourth-order valence-corrected chi connectivity index (χ4v) is 5.26. The van der Waals surface area contributed by atoms with Gasteiger partial charge in [-0.1, -0.05) is 17.4 Å². The van der Waals surface area contributed by atoms with Crippen molar-refractivity contribution in [2.75, 3.05) is 12.0 Å². The molecule has 0 N–H and O–H groups in total. The molecule has 0 radical (unpaired) electrons. The van der Waals surface area contributed by atoms with E-state index in [4.69, 9.17) is 19.2 Å². The summed E-state index contributed by atoms with van der Waals surface area (Å²) >= 11 is 1.41. The monoisotopic (exact) mass is 563 g/mol. The number of nitriles is 1. The van der Waals surface area contributed by atoms with Crippen molar-refractivity contribution in [2.45, 2.75) is 73.5 Å². The van der Waals surface area contributed by atoms with Crippen LogP contribution < -0.4 is 9.64 Å². The maximum atomic E-state index is 13.8. The third-order valence-corrected chi connectivity index (χ3v) is 6.82. The summed E-state index contributed by atoms with van der Waals surface area (Å²) in [5.74, 6) is 0.563. The van der Waals surface area contributed by atoms with Gasteiger partial charge < -0.3 is 14.2 Å². The minimum atomic E-state index is -0.987. The molecular formula is C29H33N5O5S. The molecule has 0 fully saturated rings. The lowest BCUT2D eigenvalue weighted by molar-refractivity contribution is 0.0428. The summed E-state index contributed by atoms with van der Waals surface area (Å²) in [5.41, 5.74) is 1.40. The number of hydrogen-bond acceptors (Lipinski definition) is 9. The zero-order valence-corrected chi connectivity index (χ0v) is 25.2. The minimum Gasteiger partial charge on any atom is -0.496 e. The molecule has 0 aliphatic rings. The number of anilines is 1. The molecule has 0 aliphatic carbocycles. The topological polar surface area (TPSA) is 120 Å². The zero-order valence-electron chi connectivity index (χ0n) is 24.4. The summed E-state index contributed by atoms with van der Waals surface area (Å²) in [4.78, 5) is 38.3. The van der Waals surface area contributed by atoms with Gasteiger partial charge in [0.25, 0.3) is 0 Å². The van der Waals surface area contributed by atoms with Crippen LogP contribution in [0.25, 0.3) is 26.9 Å². The average Bonchev–Trinajstić information content (AvgIpc) is 3.34. The SMILES string of the molecule is COc1ccc(C)c(-n2c(N(C(=O)OC(C)(C)C)C(=O)OC(C)(C)C)c(C#N)c3cnc4sc(C)nc4c32)c1C. The van der Waals surface area contributed by atoms with Crippen molar-refractivity contribution in [1.29, 1.82) is 5.26 Å². The Hall–Kier alpha value is -4.17. The van der Waals surface area contributed by atoms with Crippen molar-refractivity contribution in [1.82, 2.24) is 14.5 Å². The van der Waals surface area contributed by atoms with Gasteiger partial charge in [-0.2, -0.15) is 10.2 Å². The molecule has 210 valence electrons. The number of fused-ring (bicyclic) bond motifs is 3. The molecule has 0 spiro atoms. The highest BCUT2D eigenvalue weighted by molar-refractivity contribution is 7.18. The molecule has 40 heavy (non-hydrogen) atoms. The predicted octanol–water partition coefficient (Wildman–Crippen LogP) is 7.12. The first kappa shape index (κ1) is 28.8. The van der Waals surface area contributed by atoms with Crippen LogP contribution in [0, 0.1) is 32.1 Å². The third kappa shape index (κ3) is 5.19. The van der Waals surface area contributed by atoms with E-state index in [-0.39, 0.29) is 11.4 Å². The molecule has 0 aliphatic heterocycles. The molecule has 2 amide bonds. The zero-order chi connectivity index (χ0) is 29.7. The fraction of sp³-hybridized carbons (Fsp3) is 0.414. The van der Waals surface area contributed by atoms with Gasteiger partial charge in [-0.3, -0.25) is 4.57 Å². The second-order valence-electron chi connectivity index (χ2n) is 11.4. The van der Waals surface area contributed by atoms with Gasteiger partial charge >= 0.3 is 12.2 Å². The smallest absolute Gasteiger partial charge is 0.425 e. The lowest BCUT2D eigenvalue weighted by Crippen LogP contribution is -2.45. The van der Waals surface area contributed by atoms with Gasteiger partial charge in [0.05, 0.1) is 23.3 Å². The molecular weight excluding hydrogens is 530 g/mol. The molecule has 0 saturated heterocycles. The van der Waals surface area contributed by atoms with Gasteiger partial charge in [0.15, 0.2) is 5.82 Å². The van der Waals surface area contributed by atoms with Crippen molar-refractivity contribution >= 4 is 50.6 Å². The van der Waals surface area contributed by atoms with Crippen LogP contribution in [0.3, 0.4) is 0 Å². The third-order valence-electron chi connectivity index (χ3n) is 5.94. The Morgan fingerprint density at radius 2 is 1.62 bits per heavy atom. The van der Waals surface area contributed by atoms with E-state index < -0.39 is 23.4 Å². The Labute approximate surface area is 237 Å². The molecule has 0 bridgehead atoms. The molecule has 4 aromatic rings. The van der Waals surface area contributed by atoms with Gasteiger partial charge in [0, 0.05) is 17.1 Å². The van der Waals surface area contributed by atoms with Crippen molar-refractivity contribution in [3.05, 3.63) is 40.0 Å². The Balaban J connectivity index is 2.25. The quantitative estimate of drug-likeness (QED) is 0.258. The Bertz CT molecular complexity index is 1670. The highest BCUT2D eigenvalue weighted by atomic mass is 32.1. The van der Waals surface area contributed by atoms with Crippen molar-refractivity contribution < 1.29 is 23.8 Å². The number of carbonyl (C=O) groups is 2. The normalized spacial score (nSPS) is 11.9. The maximum Gasteiger partial charge on any atom is 0.425 e. The summed E-state index contributed by atoms with van der Waals surface area (Å²) in [6.45, 7) is 15.8. The number of imide groups is 1. The number of rotatable bonds is 3. The van der Waals surface area contributed by atoms with Gasteiger partial charge in [-0.25, -0.2) is 19.6 Å². The molecule has 0 saturated carbocycles. The van der Waals surface area contributed by atoms with Crippen LogP contribution in [0.5, 0.6) is 5.75 Å². The standard InChI is InChI=1S/C29H33N5O5S/c1-15-11-12-20(37-10)16(2)22(15)33-23-19(14-31-24-21(23)32-17(3)40-24)18(13-30)25(33)34(26(35)38-28(4,5)6)27(36)39-29(7,8)9/h11-12,14H,1-10H3. The lowest BCUT2D eigenvalue weighted by Gasteiger charge is -2.30. The van der Waals surface area contributed by atoms with Crippen LogP contribution in [0.15, 0.2) is 18.3 Å². The van der Waals surface area contributed by atoms with Gasteiger partial charge in [-0.15, -0.1) is 0 Å². The maximum absolute atomic E-state index is 13.8. The number of hydrogen-bond donors (Lipinski definition) is 0.